The Morgan fingerprint density at radius 1 is 1.11 bits per heavy atom. The number of hydrogen-bond donors (Lipinski definition) is 2. The number of carbonyl (C=O) groups is 2. The number of fused-ring (bicyclic) bond motifs is 1. The van der Waals surface area contributed by atoms with E-state index < -0.39 is 23.8 Å². The molecule has 0 aliphatic rings. The highest BCUT2D eigenvalue weighted by atomic mass is 16.4. The quantitative estimate of drug-likeness (QED) is 0.598. The van der Waals surface area contributed by atoms with Gasteiger partial charge in [-0.3, -0.25) is 9.59 Å². The van der Waals surface area contributed by atoms with Crippen LogP contribution in [0.3, 0.4) is 0 Å². The molecule has 27 heavy (non-hydrogen) atoms. The molecule has 0 spiro atoms. The second-order valence-corrected chi connectivity index (χ2v) is 6.41. The minimum atomic E-state index is -1.23. The van der Waals surface area contributed by atoms with E-state index in [4.69, 9.17) is 4.42 Å². The molecule has 3 rings (SSSR count). The molecule has 1 aromatic heterocycles. The van der Waals surface area contributed by atoms with Gasteiger partial charge in [0.25, 0.3) is 5.89 Å². The van der Waals surface area contributed by atoms with Crippen LogP contribution in [-0.4, -0.2) is 33.9 Å². The van der Waals surface area contributed by atoms with Crippen LogP contribution in [0, 0.1) is 0 Å². The molecule has 1 unspecified atom stereocenters. The molecule has 140 valence electrons. The van der Waals surface area contributed by atoms with Crippen LogP contribution in [0.5, 0.6) is 0 Å². The van der Waals surface area contributed by atoms with Gasteiger partial charge in [-0.25, -0.2) is 4.98 Å². The molecule has 0 saturated heterocycles. The number of nitrogens with zero attached hydrogens (tertiary/aromatic N) is 1. The minimum Gasteiger partial charge on any atom is -0.434 e. The number of oxazole rings is 1. The SMILES string of the molecule is CCC[C@H](NC(=O)C(O)Cc1ccccc1)C(=O)c1nc2ccccc2o1. The van der Waals surface area contributed by atoms with Crippen LogP contribution in [0.25, 0.3) is 11.1 Å². The Hall–Kier alpha value is -2.99. The number of aliphatic hydroxyl groups is 1. The van der Waals surface area contributed by atoms with Crippen molar-refractivity contribution in [1.82, 2.24) is 10.3 Å². The number of para-hydroxylation sites is 2. The number of Topliss-reactive ketones (excluding diaryl/α,β-unsaturated/α-hetero) is 1. The smallest absolute Gasteiger partial charge is 0.266 e. The monoisotopic (exact) mass is 366 g/mol. The summed E-state index contributed by atoms with van der Waals surface area (Å²) < 4.78 is 5.52. The van der Waals surface area contributed by atoms with Crippen LogP contribution in [-0.2, 0) is 11.2 Å². The van der Waals surface area contributed by atoms with Crippen molar-refractivity contribution in [2.75, 3.05) is 0 Å². The lowest BCUT2D eigenvalue weighted by Gasteiger charge is -2.18. The Morgan fingerprint density at radius 3 is 2.52 bits per heavy atom. The highest BCUT2D eigenvalue weighted by molar-refractivity contribution is 6.00. The van der Waals surface area contributed by atoms with Crippen LogP contribution in [0.2, 0.25) is 0 Å². The van der Waals surface area contributed by atoms with Gasteiger partial charge in [0.05, 0.1) is 6.04 Å². The number of nitrogens with one attached hydrogen (secondary N) is 1. The number of rotatable bonds is 8. The first kappa shape index (κ1) is 18.8. The van der Waals surface area contributed by atoms with Crippen LogP contribution in [0.15, 0.2) is 59.0 Å². The van der Waals surface area contributed by atoms with Gasteiger partial charge in [-0.1, -0.05) is 55.8 Å². The van der Waals surface area contributed by atoms with Gasteiger partial charge in [0.1, 0.15) is 11.6 Å². The van der Waals surface area contributed by atoms with Gasteiger partial charge in [0.15, 0.2) is 5.58 Å². The third-order valence-electron chi connectivity index (χ3n) is 4.29. The van der Waals surface area contributed by atoms with E-state index in [0.29, 0.717) is 23.9 Å². The zero-order chi connectivity index (χ0) is 19.2. The van der Waals surface area contributed by atoms with E-state index in [9.17, 15) is 14.7 Å². The highest BCUT2D eigenvalue weighted by Gasteiger charge is 2.28. The number of benzene rings is 2. The van der Waals surface area contributed by atoms with Crippen molar-refractivity contribution in [2.45, 2.75) is 38.3 Å². The topological polar surface area (TPSA) is 92.4 Å². The van der Waals surface area contributed by atoms with Crippen LogP contribution in [0.4, 0.5) is 0 Å². The number of carbonyl (C=O) groups excluding carboxylic acids is 2. The summed E-state index contributed by atoms with van der Waals surface area (Å²) >= 11 is 0. The number of ketones is 1. The molecule has 0 aliphatic carbocycles. The molecular weight excluding hydrogens is 344 g/mol. The molecule has 0 bridgehead atoms. The molecule has 0 radical (unpaired) electrons. The summed E-state index contributed by atoms with van der Waals surface area (Å²) in [5, 5.41) is 12.8. The van der Waals surface area contributed by atoms with Gasteiger partial charge >= 0.3 is 0 Å². The van der Waals surface area contributed by atoms with E-state index in [0.717, 1.165) is 5.56 Å². The van der Waals surface area contributed by atoms with Crippen molar-refractivity contribution in [3.05, 3.63) is 66.1 Å². The van der Waals surface area contributed by atoms with E-state index in [1.54, 1.807) is 18.2 Å². The summed E-state index contributed by atoms with van der Waals surface area (Å²) in [7, 11) is 0. The Kier molecular flexibility index (Phi) is 5.98. The average molecular weight is 366 g/mol. The van der Waals surface area contributed by atoms with Gasteiger partial charge in [-0.15, -0.1) is 0 Å². The van der Waals surface area contributed by atoms with Crippen LogP contribution in [0.1, 0.15) is 36.0 Å². The fourth-order valence-electron chi connectivity index (χ4n) is 2.88. The fourth-order valence-corrected chi connectivity index (χ4v) is 2.88. The number of aromatic nitrogens is 1. The first-order valence-electron chi connectivity index (χ1n) is 9.00. The predicted octanol–water partition coefficient (Wildman–Crippen LogP) is 2.90. The Morgan fingerprint density at radius 2 is 1.81 bits per heavy atom. The normalized spacial score (nSPS) is 13.3. The van der Waals surface area contributed by atoms with Crippen LogP contribution >= 0.6 is 0 Å². The van der Waals surface area contributed by atoms with Crippen molar-refractivity contribution in [3.63, 3.8) is 0 Å². The largest absolute Gasteiger partial charge is 0.434 e. The van der Waals surface area contributed by atoms with Gasteiger partial charge in [0, 0.05) is 6.42 Å². The Labute approximate surface area is 157 Å². The van der Waals surface area contributed by atoms with Gasteiger partial charge < -0.3 is 14.8 Å². The summed E-state index contributed by atoms with van der Waals surface area (Å²) in [5.74, 6) is -1.01. The van der Waals surface area contributed by atoms with Crippen molar-refractivity contribution >= 4 is 22.8 Å². The predicted molar refractivity (Wildman–Crippen MR) is 101 cm³/mol. The highest BCUT2D eigenvalue weighted by Crippen LogP contribution is 2.17. The van der Waals surface area contributed by atoms with Crippen molar-refractivity contribution in [3.8, 4) is 0 Å². The molecule has 3 aromatic rings. The number of aliphatic hydroxyl groups excluding tert-OH is 1. The number of amides is 1. The van der Waals surface area contributed by atoms with E-state index in [1.807, 2.05) is 43.3 Å². The molecule has 2 atom stereocenters. The van der Waals surface area contributed by atoms with Crippen molar-refractivity contribution < 1.29 is 19.1 Å². The second kappa shape index (κ2) is 8.60. The zero-order valence-corrected chi connectivity index (χ0v) is 15.1. The maximum absolute atomic E-state index is 12.8. The second-order valence-electron chi connectivity index (χ2n) is 6.41. The first-order chi connectivity index (χ1) is 13.1. The maximum Gasteiger partial charge on any atom is 0.266 e. The third-order valence-corrected chi connectivity index (χ3v) is 4.29. The molecule has 0 fully saturated rings. The van der Waals surface area contributed by atoms with E-state index in [2.05, 4.69) is 10.3 Å². The molecular formula is C21H22N2O4. The average Bonchev–Trinajstić information content (AvgIpc) is 3.12. The lowest BCUT2D eigenvalue weighted by atomic mass is 10.0. The molecule has 0 aliphatic heterocycles. The Bertz CT molecular complexity index is 887. The first-order valence-corrected chi connectivity index (χ1v) is 9.00. The Balaban J connectivity index is 1.70. The lowest BCUT2D eigenvalue weighted by Crippen LogP contribution is -2.46. The summed E-state index contributed by atoms with van der Waals surface area (Å²) in [5.41, 5.74) is 1.95. The minimum absolute atomic E-state index is 0.0347. The van der Waals surface area contributed by atoms with Gasteiger partial charge in [0.2, 0.25) is 11.7 Å². The molecule has 2 aromatic carbocycles. The molecule has 1 amide bonds. The summed E-state index contributed by atoms with van der Waals surface area (Å²) in [4.78, 5) is 29.4. The van der Waals surface area contributed by atoms with Gasteiger partial charge in [-0.2, -0.15) is 0 Å². The third kappa shape index (κ3) is 4.60. The zero-order valence-electron chi connectivity index (χ0n) is 15.1. The molecule has 6 heteroatoms. The van der Waals surface area contributed by atoms with Crippen molar-refractivity contribution in [2.24, 2.45) is 0 Å². The summed E-state index contributed by atoms with van der Waals surface area (Å²) in [6.07, 6.45) is 0.0681. The fraction of sp³-hybridized carbons (Fsp3) is 0.286. The standard InChI is InChI=1S/C21H22N2O4/c1-2-8-16(19(25)21-23-15-11-6-7-12-18(15)27-21)22-20(26)17(24)13-14-9-4-3-5-10-14/h3-7,9-12,16-17,24H,2,8,13H2,1H3,(H,22,26)/t16-,17?/m0/s1. The summed E-state index contributed by atoms with van der Waals surface area (Å²) in [6.45, 7) is 1.92. The van der Waals surface area contributed by atoms with E-state index in [1.165, 1.54) is 0 Å². The van der Waals surface area contributed by atoms with E-state index >= 15 is 0 Å². The molecule has 1 heterocycles. The van der Waals surface area contributed by atoms with Crippen molar-refractivity contribution in [1.29, 1.82) is 0 Å². The molecule has 2 N–H and O–H groups in total. The van der Waals surface area contributed by atoms with E-state index in [-0.39, 0.29) is 12.3 Å². The van der Waals surface area contributed by atoms with Gasteiger partial charge in [-0.05, 0) is 24.1 Å². The maximum atomic E-state index is 12.8. The molecule has 0 saturated carbocycles. The van der Waals surface area contributed by atoms with Crippen LogP contribution < -0.4 is 5.32 Å². The lowest BCUT2D eigenvalue weighted by molar-refractivity contribution is -0.129. The number of hydrogen-bond acceptors (Lipinski definition) is 5. The summed E-state index contributed by atoms with van der Waals surface area (Å²) in [6, 6.07) is 15.5. The molecule has 6 nitrogen and oxygen atoms in total.